The molecule has 0 spiro atoms. The third-order valence-electron chi connectivity index (χ3n) is 1.97. The van der Waals surface area contributed by atoms with E-state index in [2.05, 4.69) is 4.65 Å². The molecule has 0 heterocycles. The second kappa shape index (κ2) is 7.19. The van der Waals surface area contributed by atoms with Gasteiger partial charge in [-0.2, -0.15) is 0 Å². The van der Waals surface area contributed by atoms with Crippen molar-refractivity contribution < 1.29 is 24.9 Å². The highest BCUT2D eigenvalue weighted by molar-refractivity contribution is 6.32. The lowest BCUT2D eigenvalue weighted by Crippen LogP contribution is -2.44. The summed E-state index contributed by atoms with van der Waals surface area (Å²) in [6, 6.07) is 0. The first-order valence-corrected chi connectivity index (χ1v) is 4.95. The predicted octanol–water partition coefficient (Wildman–Crippen LogP) is -0.0893. The summed E-state index contributed by atoms with van der Waals surface area (Å²) >= 11 is 0. The Morgan fingerprint density at radius 3 is 1.40 bits per heavy atom. The van der Waals surface area contributed by atoms with Gasteiger partial charge in [-0.05, 0) is 34.1 Å². The molecule has 92 valence electrons. The Labute approximate surface area is 91.9 Å². The standard InChI is InChI=1S/C6H14O2.C3H9BO3/c1-5(2,7)6(3,4)8;1-2-3-7-4(5)6/h7-8H,1-4H3;5-6H,2-3H2,1H3. The van der Waals surface area contributed by atoms with Gasteiger partial charge in [-0.3, -0.25) is 0 Å². The zero-order valence-corrected chi connectivity index (χ0v) is 10.2. The molecule has 0 aliphatic heterocycles. The Morgan fingerprint density at radius 1 is 1.00 bits per heavy atom. The van der Waals surface area contributed by atoms with Crippen molar-refractivity contribution in [1.29, 1.82) is 0 Å². The molecule has 0 aliphatic rings. The molecule has 0 aliphatic carbocycles. The van der Waals surface area contributed by atoms with Gasteiger partial charge in [0.25, 0.3) is 0 Å². The normalized spacial score (nSPS) is 11.8. The summed E-state index contributed by atoms with van der Waals surface area (Å²) in [5, 5.41) is 34.2. The molecule has 6 heteroatoms. The Hall–Kier alpha value is -0.135. The number of aliphatic hydroxyl groups is 2. The second-order valence-electron chi connectivity index (χ2n) is 4.32. The summed E-state index contributed by atoms with van der Waals surface area (Å²) < 4.78 is 4.30. The van der Waals surface area contributed by atoms with Crippen LogP contribution in [-0.2, 0) is 4.65 Å². The van der Waals surface area contributed by atoms with Gasteiger partial charge in [0.15, 0.2) is 0 Å². The zero-order valence-electron chi connectivity index (χ0n) is 10.2. The third-order valence-corrected chi connectivity index (χ3v) is 1.97. The molecule has 15 heavy (non-hydrogen) atoms. The van der Waals surface area contributed by atoms with Crippen LogP contribution in [0.4, 0.5) is 0 Å². The van der Waals surface area contributed by atoms with Crippen LogP contribution in [0.3, 0.4) is 0 Å². The average Bonchev–Trinajstić information content (AvgIpc) is 1.98. The molecule has 0 aromatic carbocycles. The van der Waals surface area contributed by atoms with Crippen LogP contribution in [0.5, 0.6) is 0 Å². The molecule has 0 saturated carbocycles. The van der Waals surface area contributed by atoms with Crippen LogP contribution in [0.1, 0.15) is 41.0 Å². The summed E-state index contributed by atoms with van der Waals surface area (Å²) in [6.45, 7) is 8.60. The fourth-order valence-electron chi connectivity index (χ4n) is 0.223. The molecular weight excluding hydrogens is 199 g/mol. The van der Waals surface area contributed by atoms with Gasteiger partial charge >= 0.3 is 7.32 Å². The smallest absolute Gasteiger partial charge is 0.402 e. The number of rotatable bonds is 4. The minimum Gasteiger partial charge on any atom is -0.402 e. The molecular formula is C9H23BO5. The van der Waals surface area contributed by atoms with Crippen LogP contribution in [-0.4, -0.2) is 45.4 Å². The minimum absolute atomic E-state index is 0.400. The van der Waals surface area contributed by atoms with Gasteiger partial charge in [-0.25, -0.2) is 0 Å². The van der Waals surface area contributed by atoms with E-state index in [1.807, 2.05) is 6.92 Å². The Kier molecular flexibility index (Phi) is 8.28. The molecule has 0 aromatic heterocycles. The van der Waals surface area contributed by atoms with Crippen molar-refractivity contribution in [2.45, 2.75) is 52.2 Å². The molecule has 0 radical (unpaired) electrons. The van der Waals surface area contributed by atoms with Gasteiger partial charge < -0.3 is 24.9 Å². The van der Waals surface area contributed by atoms with E-state index < -0.39 is 18.5 Å². The zero-order chi connectivity index (χ0) is 12.7. The number of hydrogen-bond acceptors (Lipinski definition) is 5. The Morgan fingerprint density at radius 2 is 1.33 bits per heavy atom. The van der Waals surface area contributed by atoms with Crippen LogP contribution >= 0.6 is 0 Å². The van der Waals surface area contributed by atoms with E-state index in [0.717, 1.165) is 6.42 Å². The Bertz CT molecular complexity index is 136. The maximum atomic E-state index is 9.10. The largest absolute Gasteiger partial charge is 0.633 e. The van der Waals surface area contributed by atoms with Gasteiger partial charge in [-0.15, -0.1) is 0 Å². The fourth-order valence-corrected chi connectivity index (χ4v) is 0.223. The summed E-state index contributed by atoms with van der Waals surface area (Å²) in [5.41, 5.74) is -2.01. The molecule has 0 saturated heterocycles. The van der Waals surface area contributed by atoms with E-state index >= 15 is 0 Å². The average molecular weight is 222 g/mol. The van der Waals surface area contributed by atoms with Crippen LogP contribution in [0, 0.1) is 0 Å². The quantitative estimate of drug-likeness (QED) is 0.499. The van der Waals surface area contributed by atoms with E-state index in [4.69, 9.17) is 20.3 Å². The summed E-state index contributed by atoms with van der Waals surface area (Å²) in [5.74, 6) is 0. The highest BCUT2D eigenvalue weighted by Gasteiger charge is 2.31. The molecule has 0 fully saturated rings. The monoisotopic (exact) mass is 222 g/mol. The van der Waals surface area contributed by atoms with Crippen molar-refractivity contribution >= 4 is 7.32 Å². The maximum Gasteiger partial charge on any atom is 0.633 e. The first kappa shape index (κ1) is 17.3. The van der Waals surface area contributed by atoms with Gasteiger partial charge in [0.1, 0.15) is 0 Å². The third kappa shape index (κ3) is 11.8. The Balaban J connectivity index is 0. The maximum absolute atomic E-state index is 9.10. The molecule has 0 atom stereocenters. The minimum atomic E-state index is -1.60. The van der Waals surface area contributed by atoms with E-state index in [-0.39, 0.29) is 0 Å². The predicted molar refractivity (Wildman–Crippen MR) is 59.0 cm³/mol. The molecule has 4 N–H and O–H groups in total. The van der Waals surface area contributed by atoms with Crippen molar-refractivity contribution in [3.05, 3.63) is 0 Å². The molecule has 0 rings (SSSR count). The topological polar surface area (TPSA) is 90.2 Å². The van der Waals surface area contributed by atoms with Crippen molar-refractivity contribution in [2.75, 3.05) is 6.61 Å². The summed E-state index contributed by atoms with van der Waals surface area (Å²) in [4.78, 5) is 0. The molecule has 0 amide bonds. The summed E-state index contributed by atoms with van der Waals surface area (Å²) in [7, 11) is -1.60. The van der Waals surface area contributed by atoms with Gasteiger partial charge in [-0.1, -0.05) is 6.92 Å². The van der Waals surface area contributed by atoms with Crippen molar-refractivity contribution in [1.82, 2.24) is 0 Å². The molecule has 0 aromatic rings. The van der Waals surface area contributed by atoms with Crippen LogP contribution in [0.25, 0.3) is 0 Å². The lowest BCUT2D eigenvalue weighted by molar-refractivity contribution is -0.107. The lowest BCUT2D eigenvalue weighted by atomic mass is 9.90. The van der Waals surface area contributed by atoms with Crippen molar-refractivity contribution in [3.8, 4) is 0 Å². The van der Waals surface area contributed by atoms with E-state index in [1.165, 1.54) is 0 Å². The highest BCUT2D eigenvalue weighted by Crippen LogP contribution is 2.19. The lowest BCUT2D eigenvalue weighted by Gasteiger charge is -2.31. The van der Waals surface area contributed by atoms with Crippen LogP contribution < -0.4 is 0 Å². The van der Waals surface area contributed by atoms with Gasteiger partial charge in [0.05, 0.1) is 11.2 Å². The van der Waals surface area contributed by atoms with E-state index in [1.54, 1.807) is 27.7 Å². The highest BCUT2D eigenvalue weighted by atomic mass is 16.6. The second-order valence-corrected chi connectivity index (χ2v) is 4.32. The number of hydrogen-bond donors (Lipinski definition) is 4. The van der Waals surface area contributed by atoms with Gasteiger partial charge in [0.2, 0.25) is 0 Å². The molecule has 0 unspecified atom stereocenters. The van der Waals surface area contributed by atoms with Crippen LogP contribution in [0.2, 0.25) is 0 Å². The van der Waals surface area contributed by atoms with Crippen molar-refractivity contribution in [2.24, 2.45) is 0 Å². The fraction of sp³-hybridized carbons (Fsp3) is 1.00. The summed E-state index contributed by atoms with van der Waals surface area (Å²) in [6.07, 6.45) is 0.803. The van der Waals surface area contributed by atoms with E-state index in [0.29, 0.717) is 6.61 Å². The first-order chi connectivity index (χ1) is 6.52. The van der Waals surface area contributed by atoms with Gasteiger partial charge in [0, 0.05) is 6.61 Å². The van der Waals surface area contributed by atoms with E-state index in [9.17, 15) is 0 Å². The molecule has 0 bridgehead atoms. The SMILES string of the molecule is CC(C)(O)C(C)(C)O.CCCOB(O)O. The molecule has 5 nitrogen and oxygen atoms in total. The van der Waals surface area contributed by atoms with Crippen LogP contribution in [0.15, 0.2) is 0 Å². The first-order valence-electron chi connectivity index (χ1n) is 4.95. The van der Waals surface area contributed by atoms with Crippen molar-refractivity contribution in [3.63, 3.8) is 0 Å².